The van der Waals surface area contributed by atoms with Crippen molar-refractivity contribution in [2.45, 2.75) is 6.42 Å². The van der Waals surface area contributed by atoms with E-state index >= 15 is 0 Å². The lowest BCUT2D eigenvalue weighted by Crippen LogP contribution is -2.03. The van der Waals surface area contributed by atoms with Gasteiger partial charge < -0.3 is 10.3 Å². The Balaban J connectivity index is 1.83. The summed E-state index contributed by atoms with van der Waals surface area (Å²) in [5.41, 5.74) is 5.72. The van der Waals surface area contributed by atoms with E-state index in [0.29, 0.717) is 11.5 Å². The molecule has 0 unspecified atom stereocenters. The molecule has 0 fully saturated rings. The Morgan fingerprint density at radius 1 is 1.13 bits per heavy atom. The van der Waals surface area contributed by atoms with Gasteiger partial charge in [-0.3, -0.25) is 4.79 Å². The average molecular weight is 323 g/mol. The van der Waals surface area contributed by atoms with Gasteiger partial charge in [0.2, 0.25) is 0 Å². The lowest BCUT2D eigenvalue weighted by atomic mass is 10.0. The summed E-state index contributed by atoms with van der Waals surface area (Å²) in [6, 6.07) is 14.1. The monoisotopic (exact) mass is 322 g/mol. The number of benzene rings is 2. The number of alkyl halides is 1. The molecule has 0 saturated heterocycles. The molecule has 2 aromatic carbocycles. The molecule has 4 heteroatoms. The number of halogens is 1. The minimum Gasteiger partial charge on any atom is -0.361 e. The molecule has 4 rings (SSSR count). The average Bonchev–Trinajstić information content (AvgIpc) is 3.10. The number of carbonyl (C=O) groups is 1. The Morgan fingerprint density at radius 2 is 2.00 bits per heavy atom. The molecule has 0 spiro atoms. The van der Waals surface area contributed by atoms with E-state index in [9.17, 15) is 4.79 Å². The second kappa shape index (κ2) is 5.60. The number of aryl methyl sites for hydroxylation is 1. The zero-order valence-corrected chi connectivity index (χ0v) is 13.2. The molecule has 2 N–H and O–H groups in total. The van der Waals surface area contributed by atoms with Gasteiger partial charge in [0.25, 0.3) is 5.91 Å². The van der Waals surface area contributed by atoms with Crippen LogP contribution in [0.25, 0.3) is 22.6 Å². The Bertz CT molecular complexity index is 939. The summed E-state index contributed by atoms with van der Waals surface area (Å²) in [6.07, 6.45) is 4.68. The van der Waals surface area contributed by atoms with Gasteiger partial charge in [0.15, 0.2) is 0 Å². The van der Waals surface area contributed by atoms with E-state index in [1.165, 1.54) is 0 Å². The van der Waals surface area contributed by atoms with Crippen molar-refractivity contribution in [3.05, 3.63) is 65.4 Å². The van der Waals surface area contributed by atoms with Crippen molar-refractivity contribution in [2.24, 2.45) is 0 Å². The van der Waals surface area contributed by atoms with Crippen LogP contribution in [0.5, 0.6) is 0 Å². The molecule has 114 valence electrons. The first-order valence-electron chi connectivity index (χ1n) is 7.55. The zero-order chi connectivity index (χ0) is 15.8. The summed E-state index contributed by atoms with van der Waals surface area (Å²) in [4.78, 5) is 15.6. The fourth-order valence-electron chi connectivity index (χ4n) is 3.01. The number of hydrogen-bond acceptors (Lipinski definition) is 1. The SMILES string of the molecule is O=C1Nc2ccc(CCCl)cc2C1=Cc1c[nH]c2ccccc12. The molecule has 1 aromatic heterocycles. The maximum absolute atomic E-state index is 12.3. The second-order valence-corrected chi connectivity index (χ2v) is 6.00. The van der Waals surface area contributed by atoms with E-state index in [0.717, 1.165) is 39.7 Å². The minimum atomic E-state index is -0.0618. The van der Waals surface area contributed by atoms with Gasteiger partial charge in [-0.1, -0.05) is 24.3 Å². The van der Waals surface area contributed by atoms with Crippen molar-refractivity contribution in [1.82, 2.24) is 4.98 Å². The molecule has 1 amide bonds. The Kier molecular flexibility index (Phi) is 3.43. The molecule has 0 atom stereocenters. The number of amides is 1. The van der Waals surface area contributed by atoms with Gasteiger partial charge in [-0.15, -0.1) is 11.6 Å². The summed E-state index contributed by atoms with van der Waals surface area (Å²) in [6.45, 7) is 0. The van der Waals surface area contributed by atoms with Gasteiger partial charge in [0, 0.05) is 45.4 Å². The molecule has 0 aliphatic carbocycles. The lowest BCUT2D eigenvalue weighted by Gasteiger charge is -2.03. The Labute approximate surface area is 139 Å². The van der Waals surface area contributed by atoms with E-state index in [-0.39, 0.29) is 5.91 Å². The smallest absolute Gasteiger partial charge is 0.256 e. The second-order valence-electron chi connectivity index (χ2n) is 5.62. The van der Waals surface area contributed by atoms with Crippen molar-refractivity contribution in [3.63, 3.8) is 0 Å². The number of aromatic amines is 1. The third-order valence-corrected chi connectivity index (χ3v) is 4.36. The molecule has 2 heterocycles. The summed E-state index contributed by atoms with van der Waals surface area (Å²) in [5, 5.41) is 4.04. The number of aromatic nitrogens is 1. The molecule has 1 aliphatic heterocycles. The summed E-state index contributed by atoms with van der Waals surface area (Å²) >= 11 is 5.83. The highest BCUT2D eigenvalue weighted by molar-refractivity contribution is 6.35. The molecule has 0 saturated carbocycles. The van der Waals surface area contributed by atoms with Crippen molar-refractivity contribution < 1.29 is 4.79 Å². The van der Waals surface area contributed by atoms with Crippen LogP contribution in [0.15, 0.2) is 48.7 Å². The number of fused-ring (bicyclic) bond motifs is 2. The third kappa shape index (κ3) is 2.43. The molecule has 3 nitrogen and oxygen atoms in total. The van der Waals surface area contributed by atoms with Gasteiger partial charge in [-0.25, -0.2) is 0 Å². The number of hydrogen-bond donors (Lipinski definition) is 2. The zero-order valence-electron chi connectivity index (χ0n) is 12.4. The van der Waals surface area contributed by atoms with Gasteiger partial charge in [0.1, 0.15) is 0 Å². The first kappa shape index (κ1) is 14.1. The van der Waals surface area contributed by atoms with E-state index in [1.807, 2.05) is 42.6 Å². The van der Waals surface area contributed by atoms with Crippen LogP contribution in [-0.4, -0.2) is 16.8 Å². The molecular weight excluding hydrogens is 308 g/mol. The summed E-state index contributed by atoms with van der Waals surface area (Å²) in [7, 11) is 0. The maximum atomic E-state index is 12.3. The van der Waals surface area contributed by atoms with Crippen LogP contribution in [0.2, 0.25) is 0 Å². The normalized spacial score (nSPS) is 15.2. The fraction of sp³-hybridized carbons (Fsp3) is 0.105. The Morgan fingerprint density at radius 3 is 2.87 bits per heavy atom. The maximum Gasteiger partial charge on any atom is 0.256 e. The summed E-state index contributed by atoms with van der Waals surface area (Å²) < 4.78 is 0. The fourth-order valence-corrected chi connectivity index (χ4v) is 3.23. The number of para-hydroxylation sites is 1. The van der Waals surface area contributed by atoms with Crippen molar-refractivity contribution in [1.29, 1.82) is 0 Å². The highest BCUT2D eigenvalue weighted by Crippen LogP contribution is 2.35. The molecule has 23 heavy (non-hydrogen) atoms. The molecule has 0 radical (unpaired) electrons. The number of nitrogens with one attached hydrogen (secondary N) is 2. The topological polar surface area (TPSA) is 44.9 Å². The first-order chi connectivity index (χ1) is 11.3. The summed E-state index contributed by atoms with van der Waals surface area (Å²) in [5.74, 6) is 0.509. The van der Waals surface area contributed by atoms with Crippen molar-refractivity contribution >= 4 is 45.7 Å². The van der Waals surface area contributed by atoms with Gasteiger partial charge in [0.05, 0.1) is 0 Å². The van der Waals surface area contributed by atoms with Gasteiger partial charge >= 0.3 is 0 Å². The molecular formula is C19H15ClN2O. The van der Waals surface area contributed by atoms with Crippen LogP contribution >= 0.6 is 11.6 Å². The number of rotatable bonds is 3. The van der Waals surface area contributed by atoms with E-state index in [2.05, 4.69) is 22.4 Å². The van der Waals surface area contributed by atoms with E-state index in [4.69, 9.17) is 11.6 Å². The standard InChI is InChI=1S/C19H15ClN2O/c20-8-7-12-5-6-18-15(9-12)16(19(23)22-18)10-13-11-21-17-4-2-1-3-14(13)17/h1-6,9-11,21H,7-8H2,(H,22,23). The van der Waals surface area contributed by atoms with Crippen molar-refractivity contribution in [2.75, 3.05) is 11.2 Å². The van der Waals surface area contributed by atoms with Crippen LogP contribution in [0.3, 0.4) is 0 Å². The minimum absolute atomic E-state index is 0.0618. The van der Waals surface area contributed by atoms with Crippen LogP contribution in [0.1, 0.15) is 16.7 Å². The Hall–Kier alpha value is -2.52. The predicted octanol–water partition coefficient (Wildman–Crippen LogP) is 4.44. The van der Waals surface area contributed by atoms with Gasteiger partial charge in [-0.05, 0) is 36.3 Å². The highest BCUT2D eigenvalue weighted by atomic mass is 35.5. The van der Waals surface area contributed by atoms with Crippen LogP contribution in [0.4, 0.5) is 5.69 Å². The van der Waals surface area contributed by atoms with Crippen LogP contribution in [0, 0.1) is 0 Å². The quantitative estimate of drug-likeness (QED) is 0.543. The molecule has 1 aliphatic rings. The van der Waals surface area contributed by atoms with Gasteiger partial charge in [-0.2, -0.15) is 0 Å². The van der Waals surface area contributed by atoms with Crippen LogP contribution < -0.4 is 5.32 Å². The largest absolute Gasteiger partial charge is 0.361 e. The molecule has 3 aromatic rings. The molecule has 0 bridgehead atoms. The van der Waals surface area contributed by atoms with Crippen molar-refractivity contribution in [3.8, 4) is 0 Å². The lowest BCUT2D eigenvalue weighted by molar-refractivity contribution is -0.110. The number of H-pyrrole nitrogens is 1. The number of anilines is 1. The van der Waals surface area contributed by atoms with Crippen LogP contribution in [-0.2, 0) is 11.2 Å². The van der Waals surface area contributed by atoms with E-state index < -0.39 is 0 Å². The highest BCUT2D eigenvalue weighted by Gasteiger charge is 2.24. The predicted molar refractivity (Wildman–Crippen MR) is 95.7 cm³/mol. The van der Waals surface area contributed by atoms with E-state index in [1.54, 1.807) is 0 Å². The first-order valence-corrected chi connectivity index (χ1v) is 8.08. The number of carbonyl (C=O) groups excluding carboxylic acids is 1. The third-order valence-electron chi connectivity index (χ3n) is 4.17.